The average molecular weight is 406 g/mol. The first-order valence-electron chi connectivity index (χ1n) is 10.3. The zero-order chi connectivity index (χ0) is 19.3. The van der Waals surface area contributed by atoms with E-state index in [4.69, 9.17) is 21.1 Å². The summed E-state index contributed by atoms with van der Waals surface area (Å²) in [6, 6.07) is 3.72. The van der Waals surface area contributed by atoms with Gasteiger partial charge < -0.3 is 19.7 Å². The van der Waals surface area contributed by atoms with Gasteiger partial charge in [-0.05, 0) is 62.6 Å². The minimum absolute atomic E-state index is 0.0281. The van der Waals surface area contributed by atoms with Gasteiger partial charge in [0.25, 0.3) is 0 Å². The molecule has 0 radical (unpaired) electrons. The summed E-state index contributed by atoms with van der Waals surface area (Å²) < 4.78 is 11.4. The van der Waals surface area contributed by atoms with Gasteiger partial charge in [0.15, 0.2) is 11.5 Å². The Morgan fingerprint density at radius 1 is 1.32 bits per heavy atom. The highest BCUT2D eigenvalue weighted by atomic mass is 35.5. The summed E-state index contributed by atoms with van der Waals surface area (Å²) >= 11 is 5.46. The second-order valence-corrected chi connectivity index (χ2v) is 9.52. The van der Waals surface area contributed by atoms with Crippen LogP contribution in [-0.4, -0.2) is 57.5 Å². The highest BCUT2D eigenvalue weighted by Gasteiger charge is 2.73. The van der Waals surface area contributed by atoms with E-state index < -0.39 is 28.7 Å². The molecule has 3 fully saturated rings. The van der Waals surface area contributed by atoms with E-state index in [1.807, 2.05) is 6.07 Å². The highest BCUT2D eigenvalue weighted by Crippen LogP contribution is 2.65. The largest absolute Gasteiger partial charge is 0.482 e. The van der Waals surface area contributed by atoms with Crippen molar-refractivity contribution in [2.75, 3.05) is 13.1 Å². The Hall–Kier alpha value is -1.34. The molecule has 1 aromatic carbocycles. The van der Waals surface area contributed by atoms with E-state index in [-0.39, 0.29) is 11.8 Å². The summed E-state index contributed by atoms with van der Waals surface area (Å²) in [7, 11) is 0. The lowest BCUT2D eigenvalue weighted by molar-refractivity contribution is -0.208. The van der Waals surface area contributed by atoms with Crippen molar-refractivity contribution in [3.8, 4) is 11.5 Å². The molecule has 5 atom stereocenters. The predicted molar refractivity (Wildman–Crippen MR) is 101 cm³/mol. The highest BCUT2D eigenvalue weighted by molar-refractivity contribution is 6.61. The van der Waals surface area contributed by atoms with Gasteiger partial charge in [0, 0.05) is 29.8 Å². The second-order valence-electron chi connectivity index (χ2n) is 9.21. The molecule has 2 aliphatic heterocycles. The molecule has 2 bridgehead atoms. The van der Waals surface area contributed by atoms with Crippen molar-refractivity contribution in [2.45, 2.75) is 67.8 Å². The van der Waals surface area contributed by atoms with Crippen molar-refractivity contribution >= 4 is 17.0 Å². The van der Waals surface area contributed by atoms with Crippen molar-refractivity contribution in [2.24, 2.45) is 5.92 Å². The molecule has 28 heavy (non-hydrogen) atoms. The van der Waals surface area contributed by atoms with Crippen LogP contribution in [-0.2, 0) is 11.8 Å². The summed E-state index contributed by atoms with van der Waals surface area (Å²) in [6.07, 6.45) is 3.91. The van der Waals surface area contributed by atoms with Crippen molar-refractivity contribution in [1.82, 2.24) is 4.90 Å². The van der Waals surface area contributed by atoms with E-state index >= 15 is 0 Å². The molecule has 6 rings (SSSR count). The number of likely N-dealkylation sites (tertiary alicyclic amines) is 1. The fourth-order valence-corrected chi connectivity index (χ4v) is 6.69. The van der Waals surface area contributed by atoms with Gasteiger partial charge in [-0.1, -0.05) is 6.07 Å². The number of nitrogens with zero attached hydrogens (tertiary/aromatic N) is 1. The molecule has 1 unspecified atom stereocenters. The first kappa shape index (κ1) is 17.5. The van der Waals surface area contributed by atoms with E-state index in [0.29, 0.717) is 18.6 Å². The summed E-state index contributed by atoms with van der Waals surface area (Å²) in [4.78, 5) is 13.8. The molecule has 6 nitrogen and oxygen atoms in total. The van der Waals surface area contributed by atoms with Crippen molar-refractivity contribution in [1.29, 1.82) is 0 Å². The van der Waals surface area contributed by atoms with E-state index in [1.165, 1.54) is 12.8 Å². The summed E-state index contributed by atoms with van der Waals surface area (Å²) in [5.74, 6) is 1.51. The molecule has 7 heteroatoms. The SMILES string of the molecule is O=C(Cl)Oc1ccc2c3c1OC1[C@H](O)CC[C@@]4(O)[C@@H](C2)N(CC2CC2)CC[C@]314. The Bertz CT molecular complexity index is 873. The molecule has 3 aliphatic carbocycles. The van der Waals surface area contributed by atoms with Gasteiger partial charge in [0.1, 0.15) is 6.10 Å². The van der Waals surface area contributed by atoms with Gasteiger partial charge in [-0.3, -0.25) is 4.90 Å². The number of halogens is 1. The van der Waals surface area contributed by atoms with Crippen LogP contribution in [0.1, 0.15) is 43.2 Å². The van der Waals surface area contributed by atoms with Crippen LogP contribution < -0.4 is 9.47 Å². The van der Waals surface area contributed by atoms with E-state index in [2.05, 4.69) is 4.90 Å². The lowest BCUT2D eigenvalue weighted by atomic mass is 9.48. The van der Waals surface area contributed by atoms with Crippen molar-refractivity contribution < 1.29 is 24.5 Å². The quantitative estimate of drug-likeness (QED) is 0.751. The molecule has 2 N–H and O–H groups in total. The zero-order valence-corrected chi connectivity index (χ0v) is 16.3. The Balaban J connectivity index is 1.53. The molecule has 0 amide bonds. The third kappa shape index (κ3) is 2.07. The number of aliphatic hydroxyl groups is 2. The molecule has 1 saturated heterocycles. The molecule has 1 spiro atoms. The topological polar surface area (TPSA) is 79.2 Å². The second kappa shape index (κ2) is 5.63. The Morgan fingerprint density at radius 3 is 2.89 bits per heavy atom. The van der Waals surface area contributed by atoms with Crippen molar-refractivity contribution in [3.63, 3.8) is 0 Å². The number of aliphatic hydroxyl groups excluding tert-OH is 1. The summed E-state index contributed by atoms with van der Waals surface area (Å²) in [5, 5.41) is 23.0. The fourth-order valence-electron chi connectivity index (χ4n) is 6.61. The van der Waals surface area contributed by atoms with Crippen LogP contribution in [0.25, 0.3) is 0 Å². The Kier molecular flexibility index (Phi) is 3.52. The zero-order valence-electron chi connectivity index (χ0n) is 15.6. The maximum atomic E-state index is 12.1. The molecule has 0 aromatic heterocycles. The number of ether oxygens (including phenoxy) is 2. The van der Waals surface area contributed by atoms with Gasteiger partial charge in [-0.25, -0.2) is 4.79 Å². The Morgan fingerprint density at radius 2 is 2.14 bits per heavy atom. The lowest BCUT2D eigenvalue weighted by Gasteiger charge is -2.63. The first-order valence-corrected chi connectivity index (χ1v) is 10.7. The molecule has 2 saturated carbocycles. The Labute approximate surface area is 168 Å². The number of carbonyl (C=O) groups is 1. The lowest BCUT2D eigenvalue weighted by Crippen LogP contribution is -2.77. The molecule has 5 aliphatic rings. The first-order chi connectivity index (χ1) is 13.4. The van der Waals surface area contributed by atoms with E-state index in [9.17, 15) is 15.0 Å². The van der Waals surface area contributed by atoms with Crippen LogP contribution in [0.15, 0.2) is 12.1 Å². The maximum Gasteiger partial charge on any atom is 0.409 e. The minimum atomic E-state index is -0.952. The predicted octanol–water partition coefficient (Wildman–Crippen LogP) is 2.35. The molecule has 1 aromatic rings. The number of carbonyl (C=O) groups excluding carboxylic acids is 1. The normalized spacial score (nSPS) is 40.6. The van der Waals surface area contributed by atoms with Crippen LogP contribution in [0.5, 0.6) is 11.5 Å². The standard InChI is InChI=1S/C21H24ClNO5/c22-19(25)27-14-4-3-12-9-15-21(26)6-5-13(24)18-20(21,16(12)17(14)28-18)7-8-23(15)10-11-1-2-11/h3-4,11,13,15,18,24,26H,1-2,5-10H2/t13-,15-,18?,20+,21-/m1/s1. The molecule has 2 heterocycles. The number of hydrogen-bond donors (Lipinski definition) is 2. The van der Waals surface area contributed by atoms with Crippen LogP contribution in [0.3, 0.4) is 0 Å². The number of hydrogen-bond acceptors (Lipinski definition) is 6. The monoisotopic (exact) mass is 405 g/mol. The summed E-state index contributed by atoms with van der Waals surface area (Å²) in [5.41, 5.74) is -0.484. The van der Waals surface area contributed by atoms with Gasteiger partial charge in [0.2, 0.25) is 0 Å². The van der Waals surface area contributed by atoms with Gasteiger partial charge in [-0.2, -0.15) is 0 Å². The smallest absolute Gasteiger partial charge is 0.409 e. The van der Waals surface area contributed by atoms with Crippen LogP contribution >= 0.6 is 11.6 Å². The molecular weight excluding hydrogens is 382 g/mol. The number of rotatable bonds is 3. The minimum Gasteiger partial charge on any atom is -0.482 e. The number of benzene rings is 1. The third-order valence-electron chi connectivity index (χ3n) is 7.91. The number of piperidine rings is 1. The van der Waals surface area contributed by atoms with E-state index in [0.717, 1.165) is 43.0 Å². The summed E-state index contributed by atoms with van der Waals surface area (Å²) in [6.45, 7) is 1.93. The average Bonchev–Trinajstić information content (AvgIpc) is 3.38. The third-order valence-corrected chi connectivity index (χ3v) is 7.98. The maximum absolute atomic E-state index is 12.1. The van der Waals surface area contributed by atoms with Gasteiger partial charge in [-0.15, -0.1) is 0 Å². The van der Waals surface area contributed by atoms with E-state index in [1.54, 1.807) is 6.07 Å². The van der Waals surface area contributed by atoms with Crippen LogP contribution in [0.4, 0.5) is 4.79 Å². The molecule has 150 valence electrons. The molecular formula is C21H24ClNO5. The van der Waals surface area contributed by atoms with Gasteiger partial charge in [0.05, 0.1) is 17.1 Å². The fraction of sp³-hybridized carbons (Fsp3) is 0.667. The van der Waals surface area contributed by atoms with Crippen LogP contribution in [0.2, 0.25) is 0 Å². The van der Waals surface area contributed by atoms with Crippen LogP contribution in [0, 0.1) is 5.92 Å². The van der Waals surface area contributed by atoms with Gasteiger partial charge >= 0.3 is 5.43 Å². The van der Waals surface area contributed by atoms with Crippen molar-refractivity contribution in [3.05, 3.63) is 23.3 Å².